The fourth-order valence-corrected chi connectivity index (χ4v) is 2.06. The number of nitrogens with zero attached hydrogens (tertiary/aromatic N) is 3. The third kappa shape index (κ3) is 4.71. The van der Waals surface area contributed by atoms with E-state index >= 15 is 0 Å². The Morgan fingerprint density at radius 1 is 1.29 bits per heavy atom. The molecule has 0 fully saturated rings. The highest BCUT2D eigenvalue weighted by Crippen LogP contribution is 2.27. The first kappa shape index (κ1) is 17.3. The fraction of sp³-hybridized carbons (Fsp3) is 0.278. The molecule has 2 rings (SSSR count). The maximum Gasteiger partial charge on any atom is 0.260 e. The number of methoxy groups -OCH3 is 1. The second-order valence-electron chi connectivity index (χ2n) is 5.15. The van der Waals surface area contributed by atoms with Crippen molar-refractivity contribution in [2.75, 3.05) is 27.3 Å². The normalized spacial score (nSPS) is 9.88. The van der Waals surface area contributed by atoms with Gasteiger partial charge in [-0.2, -0.15) is 5.26 Å². The van der Waals surface area contributed by atoms with Crippen LogP contribution in [0.3, 0.4) is 0 Å². The molecule has 6 heteroatoms. The number of amides is 1. The Bertz CT molecular complexity index is 726. The molecule has 1 heterocycles. The van der Waals surface area contributed by atoms with E-state index in [4.69, 9.17) is 14.7 Å². The van der Waals surface area contributed by atoms with Gasteiger partial charge in [0.2, 0.25) is 0 Å². The van der Waals surface area contributed by atoms with Gasteiger partial charge in [-0.25, -0.2) is 0 Å². The molecule has 6 nitrogen and oxygen atoms in total. The van der Waals surface area contributed by atoms with Crippen molar-refractivity contribution < 1.29 is 14.3 Å². The number of hydrogen-bond acceptors (Lipinski definition) is 5. The molecule has 0 unspecified atom stereocenters. The summed E-state index contributed by atoms with van der Waals surface area (Å²) in [5, 5.41) is 8.88. The SMILES string of the molecule is COc1cc(C#N)ccc1OCC(=O)N(C)CCc1ccccn1. The Kier molecular flexibility index (Phi) is 6.15. The van der Waals surface area contributed by atoms with E-state index in [1.165, 1.54) is 7.11 Å². The van der Waals surface area contributed by atoms with Crippen molar-refractivity contribution >= 4 is 5.91 Å². The maximum absolute atomic E-state index is 12.1. The summed E-state index contributed by atoms with van der Waals surface area (Å²) in [6, 6.07) is 12.5. The standard InChI is InChI=1S/C18H19N3O3/c1-21(10-8-15-5-3-4-9-20-15)18(22)13-24-16-7-6-14(12-19)11-17(16)23-2/h3-7,9,11H,8,10,13H2,1-2H3. The van der Waals surface area contributed by atoms with Crippen molar-refractivity contribution in [1.29, 1.82) is 5.26 Å². The molecule has 0 aliphatic rings. The molecule has 0 saturated carbocycles. The molecule has 1 amide bonds. The number of likely N-dealkylation sites (N-methyl/N-ethyl adjacent to an activating group) is 1. The molecule has 0 atom stereocenters. The van der Waals surface area contributed by atoms with Gasteiger partial charge in [0.1, 0.15) is 0 Å². The van der Waals surface area contributed by atoms with E-state index < -0.39 is 0 Å². The summed E-state index contributed by atoms with van der Waals surface area (Å²) in [7, 11) is 3.22. The van der Waals surface area contributed by atoms with Crippen molar-refractivity contribution in [1.82, 2.24) is 9.88 Å². The molecule has 0 spiro atoms. The predicted molar refractivity (Wildman–Crippen MR) is 88.8 cm³/mol. The number of rotatable bonds is 7. The average molecular weight is 325 g/mol. The molecule has 0 aliphatic carbocycles. The molecular formula is C18H19N3O3. The average Bonchev–Trinajstić information content (AvgIpc) is 2.64. The largest absolute Gasteiger partial charge is 0.493 e. The van der Waals surface area contributed by atoms with Crippen LogP contribution < -0.4 is 9.47 Å². The van der Waals surface area contributed by atoms with E-state index in [-0.39, 0.29) is 12.5 Å². The van der Waals surface area contributed by atoms with Gasteiger partial charge in [-0.3, -0.25) is 9.78 Å². The molecule has 2 aromatic rings. The minimum absolute atomic E-state index is 0.0963. The summed E-state index contributed by atoms with van der Waals surface area (Å²) in [5.74, 6) is 0.721. The molecule has 0 bridgehead atoms. The zero-order valence-electron chi connectivity index (χ0n) is 13.7. The molecule has 0 saturated heterocycles. The minimum Gasteiger partial charge on any atom is -0.493 e. The smallest absolute Gasteiger partial charge is 0.260 e. The van der Waals surface area contributed by atoms with E-state index in [1.807, 2.05) is 24.3 Å². The Morgan fingerprint density at radius 2 is 2.12 bits per heavy atom. The van der Waals surface area contributed by atoms with Gasteiger partial charge in [0.15, 0.2) is 18.1 Å². The van der Waals surface area contributed by atoms with Crippen LogP contribution in [0.25, 0.3) is 0 Å². The molecule has 124 valence electrons. The quantitative estimate of drug-likeness (QED) is 0.779. The summed E-state index contributed by atoms with van der Waals surface area (Å²) in [4.78, 5) is 18.0. The Morgan fingerprint density at radius 3 is 2.79 bits per heavy atom. The van der Waals surface area contributed by atoms with Crippen molar-refractivity contribution in [3.8, 4) is 17.6 Å². The summed E-state index contributed by atoms with van der Waals surface area (Å²) < 4.78 is 10.7. The lowest BCUT2D eigenvalue weighted by Crippen LogP contribution is -2.33. The third-order valence-electron chi connectivity index (χ3n) is 3.50. The number of ether oxygens (including phenoxy) is 2. The van der Waals surface area contributed by atoms with Crippen molar-refractivity contribution in [2.45, 2.75) is 6.42 Å². The zero-order chi connectivity index (χ0) is 17.4. The summed E-state index contributed by atoms with van der Waals surface area (Å²) in [6.07, 6.45) is 2.42. The molecule has 0 N–H and O–H groups in total. The van der Waals surface area contributed by atoms with Gasteiger partial charge in [-0.1, -0.05) is 6.07 Å². The van der Waals surface area contributed by atoms with Gasteiger partial charge >= 0.3 is 0 Å². The first-order valence-corrected chi connectivity index (χ1v) is 7.49. The number of carbonyl (C=O) groups excluding carboxylic acids is 1. The highest BCUT2D eigenvalue weighted by Gasteiger charge is 2.12. The lowest BCUT2D eigenvalue weighted by molar-refractivity contribution is -0.132. The molecular weight excluding hydrogens is 306 g/mol. The number of carbonyl (C=O) groups is 1. The third-order valence-corrected chi connectivity index (χ3v) is 3.50. The van der Waals surface area contributed by atoms with Gasteiger partial charge in [-0.15, -0.1) is 0 Å². The molecule has 1 aromatic carbocycles. The number of aromatic nitrogens is 1. The Labute approximate surface area is 141 Å². The van der Waals surface area contributed by atoms with Gasteiger partial charge < -0.3 is 14.4 Å². The number of nitriles is 1. The molecule has 0 radical (unpaired) electrons. The Hall–Kier alpha value is -3.07. The maximum atomic E-state index is 12.1. The molecule has 24 heavy (non-hydrogen) atoms. The van der Waals surface area contributed by atoms with Crippen LogP contribution in [0, 0.1) is 11.3 Å². The van der Waals surface area contributed by atoms with E-state index in [0.29, 0.717) is 30.0 Å². The fourth-order valence-electron chi connectivity index (χ4n) is 2.06. The van der Waals surface area contributed by atoms with Crippen molar-refractivity contribution in [3.63, 3.8) is 0 Å². The van der Waals surface area contributed by atoms with E-state index in [9.17, 15) is 4.79 Å². The van der Waals surface area contributed by atoms with Crippen LogP contribution in [-0.2, 0) is 11.2 Å². The first-order valence-electron chi connectivity index (χ1n) is 7.49. The zero-order valence-corrected chi connectivity index (χ0v) is 13.7. The summed E-state index contributed by atoms with van der Waals surface area (Å²) >= 11 is 0. The van der Waals surface area contributed by atoms with Crippen LogP contribution in [0.2, 0.25) is 0 Å². The van der Waals surface area contributed by atoms with E-state index in [0.717, 1.165) is 5.69 Å². The van der Waals surface area contributed by atoms with Crippen LogP contribution in [0.1, 0.15) is 11.3 Å². The predicted octanol–water partition coefficient (Wildman–Crippen LogP) is 2.04. The summed E-state index contributed by atoms with van der Waals surface area (Å²) in [5.41, 5.74) is 1.41. The van der Waals surface area contributed by atoms with Gasteiger partial charge in [0, 0.05) is 38.0 Å². The second-order valence-corrected chi connectivity index (χ2v) is 5.15. The number of benzene rings is 1. The Balaban J connectivity index is 1.87. The van der Waals surface area contributed by atoms with Crippen LogP contribution in [0.5, 0.6) is 11.5 Å². The van der Waals surface area contributed by atoms with Gasteiger partial charge in [0.05, 0.1) is 18.7 Å². The first-order chi connectivity index (χ1) is 11.6. The highest BCUT2D eigenvalue weighted by atomic mass is 16.5. The van der Waals surface area contributed by atoms with E-state index in [2.05, 4.69) is 4.98 Å². The van der Waals surface area contributed by atoms with Crippen LogP contribution in [-0.4, -0.2) is 43.1 Å². The van der Waals surface area contributed by atoms with Gasteiger partial charge in [-0.05, 0) is 24.3 Å². The lowest BCUT2D eigenvalue weighted by Gasteiger charge is -2.18. The topological polar surface area (TPSA) is 75.5 Å². The van der Waals surface area contributed by atoms with Crippen molar-refractivity contribution in [2.24, 2.45) is 0 Å². The number of hydrogen-bond donors (Lipinski definition) is 0. The lowest BCUT2D eigenvalue weighted by atomic mass is 10.2. The van der Waals surface area contributed by atoms with Crippen LogP contribution in [0.4, 0.5) is 0 Å². The van der Waals surface area contributed by atoms with E-state index in [1.54, 1.807) is 36.3 Å². The highest BCUT2D eigenvalue weighted by molar-refractivity contribution is 5.77. The summed E-state index contributed by atoms with van der Waals surface area (Å²) in [6.45, 7) is 0.463. The monoisotopic (exact) mass is 325 g/mol. The van der Waals surface area contributed by atoms with Crippen molar-refractivity contribution in [3.05, 3.63) is 53.9 Å². The molecule has 1 aromatic heterocycles. The van der Waals surface area contributed by atoms with Crippen LogP contribution in [0.15, 0.2) is 42.6 Å². The second kappa shape index (κ2) is 8.53. The number of pyridine rings is 1. The van der Waals surface area contributed by atoms with Crippen LogP contribution >= 0.6 is 0 Å². The minimum atomic E-state index is -0.141. The van der Waals surface area contributed by atoms with Gasteiger partial charge in [0.25, 0.3) is 5.91 Å². The molecule has 0 aliphatic heterocycles.